The van der Waals surface area contributed by atoms with Crippen LogP contribution in [0, 0.1) is 0 Å². The number of halogens is 1. The lowest BCUT2D eigenvalue weighted by Gasteiger charge is -2.15. The van der Waals surface area contributed by atoms with Gasteiger partial charge < -0.3 is 10.1 Å². The van der Waals surface area contributed by atoms with Crippen molar-refractivity contribution in [2.45, 2.75) is 26.2 Å². The summed E-state index contributed by atoms with van der Waals surface area (Å²) >= 11 is 6.16. The van der Waals surface area contributed by atoms with Crippen LogP contribution in [0.5, 0.6) is 5.75 Å². The normalized spacial score (nSPS) is 14.1. The van der Waals surface area contributed by atoms with Crippen molar-refractivity contribution in [2.24, 2.45) is 0 Å². The molecule has 5 nitrogen and oxygen atoms in total. The Kier molecular flexibility index (Phi) is 5.81. The molecule has 0 radical (unpaired) electrons. The van der Waals surface area contributed by atoms with Crippen LogP contribution < -0.4 is 15.0 Å². The van der Waals surface area contributed by atoms with Crippen molar-refractivity contribution in [1.82, 2.24) is 0 Å². The number of amides is 2. The zero-order valence-corrected chi connectivity index (χ0v) is 16.0. The first-order valence-corrected chi connectivity index (χ1v) is 9.21. The number of hydrogen-bond donors (Lipinski definition) is 1. The number of benzene rings is 2. The second kappa shape index (κ2) is 8.27. The van der Waals surface area contributed by atoms with Gasteiger partial charge in [0.1, 0.15) is 16.5 Å². The third kappa shape index (κ3) is 3.98. The molecule has 2 aromatic carbocycles. The molecule has 0 aliphatic carbocycles. The summed E-state index contributed by atoms with van der Waals surface area (Å²) < 4.78 is 5.10. The number of unbranched alkanes of at least 4 members (excludes halogenated alkanes) is 1. The standard InChI is InChI=1S/C21H21ClN2O3/c1-3-4-5-14-6-8-15(9-7-14)23-19-18(22)20(25)24(21(19)26)16-10-12-17(27-2)13-11-16/h6-13,23H,3-5H2,1-2H3. The molecule has 0 bridgehead atoms. The number of nitrogens with zero attached hydrogens (tertiary/aromatic N) is 1. The second-order valence-electron chi connectivity index (χ2n) is 6.26. The van der Waals surface area contributed by atoms with Gasteiger partial charge in [-0.3, -0.25) is 9.59 Å². The summed E-state index contributed by atoms with van der Waals surface area (Å²) in [6.45, 7) is 2.15. The SMILES string of the molecule is CCCCc1ccc(NC2=C(Cl)C(=O)N(c3ccc(OC)cc3)C2=O)cc1. The summed E-state index contributed by atoms with van der Waals surface area (Å²) in [5.41, 5.74) is 2.46. The number of nitrogens with one attached hydrogen (secondary N) is 1. The van der Waals surface area contributed by atoms with Crippen molar-refractivity contribution >= 4 is 34.8 Å². The van der Waals surface area contributed by atoms with Crippen LogP contribution in [-0.4, -0.2) is 18.9 Å². The second-order valence-corrected chi connectivity index (χ2v) is 6.64. The van der Waals surface area contributed by atoms with Crippen molar-refractivity contribution in [3.05, 3.63) is 64.8 Å². The molecule has 27 heavy (non-hydrogen) atoms. The first-order valence-electron chi connectivity index (χ1n) is 8.83. The Labute approximate surface area is 163 Å². The molecule has 0 fully saturated rings. The highest BCUT2D eigenvalue weighted by Gasteiger charge is 2.38. The molecule has 0 unspecified atom stereocenters. The molecular formula is C21H21ClN2O3. The average molecular weight is 385 g/mol. The summed E-state index contributed by atoms with van der Waals surface area (Å²) in [5.74, 6) is -0.391. The van der Waals surface area contributed by atoms with E-state index in [2.05, 4.69) is 12.2 Å². The minimum atomic E-state index is -0.547. The fourth-order valence-corrected chi connectivity index (χ4v) is 3.07. The smallest absolute Gasteiger partial charge is 0.283 e. The number of aryl methyl sites for hydroxylation is 1. The molecule has 0 atom stereocenters. The zero-order valence-electron chi connectivity index (χ0n) is 15.3. The fourth-order valence-electron chi connectivity index (χ4n) is 2.86. The van der Waals surface area contributed by atoms with E-state index in [0.29, 0.717) is 17.1 Å². The highest BCUT2D eigenvalue weighted by molar-refractivity contribution is 6.53. The Balaban J connectivity index is 1.77. The first-order chi connectivity index (χ1) is 13.0. The van der Waals surface area contributed by atoms with Crippen LogP contribution in [0.3, 0.4) is 0 Å². The van der Waals surface area contributed by atoms with E-state index < -0.39 is 11.8 Å². The molecule has 0 spiro atoms. The van der Waals surface area contributed by atoms with E-state index in [4.69, 9.17) is 16.3 Å². The maximum atomic E-state index is 12.8. The highest BCUT2D eigenvalue weighted by atomic mass is 35.5. The van der Waals surface area contributed by atoms with Crippen LogP contribution in [0.4, 0.5) is 11.4 Å². The Morgan fingerprint density at radius 3 is 2.26 bits per heavy atom. The van der Waals surface area contributed by atoms with Gasteiger partial charge in [-0.05, 0) is 54.8 Å². The Bertz CT molecular complexity index is 873. The lowest BCUT2D eigenvalue weighted by Crippen LogP contribution is -2.32. The van der Waals surface area contributed by atoms with Gasteiger partial charge in [-0.15, -0.1) is 0 Å². The quantitative estimate of drug-likeness (QED) is 0.715. The molecule has 1 aliphatic heterocycles. The topological polar surface area (TPSA) is 58.6 Å². The van der Waals surface area contributed by atoms with E-state index in [9.17, 15) is 9.59 Å². The molecule has 1 aliphatic rings. The molecule has 0 aromatic heterocycles. The van der Waals surface area contributed by atoms with Gasteiger partial charge >= 0.3 is 0 Å². The number of hydrogen-bond acceptors (Lipinski definition) is 4. The molecule has 3 rings (SSSR count). The van der Waals surface area contributed by atoms with Crippen LogP contribution in [-0.2, 0) is 16.0 Å². The average Bonchev–Trinajstić information content (AvgIpc) is 2.91. The number of anilines is 2. The van der Waals surface area contributed by atoms with E-state index in [1.165, 1.54) is 5.56 Å². The molecule has 1 heterocycles. The number of methoxy groups -OCH3 is 1. The van der Waals surface area contributed by atoms with Gasteiger partial charge in [0, 0.05) is 5.69 Å². The summed E-state index contributed by atoms with van der Waals surface area (Å²) in [6, 6.07) is 14.4. The highest BCUT2D eigenvalue weighted by Crippen LogP contribution is 2.31. The Hall–Kier alpha value is -2.79. The molecule has 0 saturated carbocycles. The van der Waals surface area contributed by atoms with Gasteiger partial charge in [-0.1, -0.05) is 37.1 Å². The predicted molar refractivity (Wildman–Crippen MR) is 107 cm³/mol. The van der Waals surface area contributed by atoms with Gasteiger partial charge in [0.05, 0.1) is 12.8 Å². The van der Waals surface area contributed by atoms with E-state index in [0.717, 1.165) is 24.2 Å². The zero-order chi connectivity index (χ0) is 19.4. The minimum Gasteiger partial charge on any atom is -0.497 e. The van der Waals surface area contributed by atoms with Gasteiger partial charge in [-0.25, -0.2) is 4.90 Å². The molecule has 6 heteroatoms. The summed E-state index contributed by atoms with van der Waals surface area (Å²) in [7, 11) is 1.55. The first kappa shape index (κ1) is 19.0. The van der Waals surface area contributed by atoms with E-state index in [1.807, 2.05) is 24.3 Å². The van der Waals surface area contributed by atoms with Gasteiger partial charge in [-0.2, -0.15) is 0 Å². The molecule has 0 saturated heterocycles. The van der Waals surface area contributed by atoms with E-state index in [1.54, 1.807) is 31.4 Å². The van der Waals surface area contributed by atoms with Crippen molar-refractivity contribution < 1.29 is 14.3 Å². The fraction of sp³-hybridized carbons (Fsp3) is 0.238. The van der Waals surface area contributed by atoms with Crippen LogP contribution in [0.25, 0.3) is 0 Å². The van der Waals surface area contributed by atoms with E-state index >= 15 is 0 Å². The monoisotopic (exact) mass is 384 g/mol. The van der Waals surface area contributed by atoms with Crippen LogP contribution >= 0.6 is 11.6 Å². The third-order valence-electron chi connectivity index (χ3n) is 4.40. The van der Waals surface area contributed by atoms with Crippen LogP contribution in [0.2, 0.25) is 0 Å². The van der Waals surface area contributed by atoms with Gasteiger partial charge in [0.25, 0.3) is 11.8 Å². The predicted octanol–water partition coefficient (Wildman–Crippen LogP) is 4.47. The number of carbonyl (C=O) groups is 2. The van der Waals surface area contributed by atoms with Crippen LogP contribution in [0.1, 0.15) is 25.3 Å². The van der Waals surface area contributed by atoms with Gasteiger partial charge in [0.15, 0.2) is 0 Å². The largest absolute Gasteiger partial charge is 0.497 e. The van der Waals surface area contributed by atoms with Crippen molar-refractivity contribution in [3.63, 3.8) is 0 Å². The number of rotatable bonds is 7. The molecule has 140 valence electrons. The lowest BCUT2D eigenvalue weighted by atomic mass is 10.1. The summed E-state index contributed by atoms with van der Waals surface area (Å²) in [6.07, 6.45) is 3.29. The van der Waals surface area contributed by atoms with Gasteiger partial charge in [0.2, 0.25) is 0 Å². The Morgan fingerprint density at radius 1 is 1.00 bits per heavy atom. The van der Waals surface area contributed by atoms with Crippen molar-refractivity contribution in [1.29, 1.82) is 0 Å². The summed E-state index contributed by atoms with van der Waals surface area (Å²) in [5, 5.41) is 2.87. The number of carbonyl (C=O) groups excluding carboxylic acids is 2. The summed E-state index contributed by atoms with van der Waals surface area (Å²) in [4.78, 5) is 26.3. The lowest BCUT2D eigenvalue weighted by molar-refractivity contribution is -0.120. The Morgan fingerprint density at radius 2 is 1.67 bits per heavy atom. The minimum absolute atomic E-state index is 0.0822. The molecular weight excluding hydrogens is 364 g/mol. The number of imide groups is 1. The maximum absolute atomic E-state index is 12.8. The number of ether oxygens (including phenoxy) is 1. The maximum Gasteiger partial charge on any atom is 0.283 e. The third-order valence-corrected chi connectivity index (χ3v) is 4.75. The molecule has 2 aromatic rings. The molecule has 2 amide bonds. The van der Waals surface area contributed by atoms with E-state index in [-0.39, 0.29) is 10.7 Å². The van der Waals surface area contributed by atoms with Crippen molar-refractivity contribution in [3.8, 4) is 5.75 Å². The van der Waals surface area contributed by atoms with Crippen LogP contribution in [0.15, 0.2) is 59.3 Å². The molecule has 1 N–H and O–H groups in total. The van der Waals surface area contributed by atoms with Crippen molar-refractivity contribution in [2.75, 3.05) is 17.3 Å².